The largest absolute Gasteiger partial charge is 0.504 e. The van der Waals surface area contributed by atoms with Crippen LogP contribution in [0.2, 0.25) is 0 Å². The highest BCUT2D eigenvalue weighted by atomic mass is 16.5. The molecule has 2 aliphatic rings. The number of phenols is 1. The van der Waals surface area contributed by atoms with Crippen LogP contribution in [0.1, 0.15) is 49.3 Å². The van der Waals surface area contributed by atoms with Crippen LogP contribution in [0.25, 0.3) is 0 Å². The van der Waals surface area contributed by atoms with Gasteiger partial charge >= 0.3 is 6.03 Å². The zero-order chi connectivity index (χ0) is 19.5. The highest BCUT2D eigenvalue weighted by Gasteiger charge is 2.33. The number of fused-ring (bicyclic) bond motifs is 1. The second-order valence-electron chi connectivity index (χ2n) is 7.52. The van der Waals surface area contributed by atoms with Gasteiger partial charge in [-0.25, -0.2) is 4.79 Å². The number of carbonyl (C=O) groups is 1. The Morgan fingerprint density at radius 3 is 2.96 bits per heavy atom. The summed E-state index contributed by atoms with van der Waals surface area (Å²) in [6.07, 6.45) is 6.48. The van der Waals surface area contributed by atoms with E-state index in [0.29, 0.717) is 18.8 Å². The van der Waals surface area contributed by atoms with Crippen LogP contribution >= 0.6 is 0 Å². The number of hydrogen-bond acceptors (Lipinski definition) is 5. The van der Waals surface area contributed by atoms with Crippen LogP contribution in [0.4, 0.5) is 4.79 Å². The third-order valence-corrected chi connectivity index (χ3v) is 5.43. The maximum Gasteiger partial charge on any atom is 0.318 e. The number of nitrogens with one attached hydrogen (secondary N) is 1. The fraction of sp³-hybridized carbons (Fsp3) is 0.550. The third-order valence-electron chi connectivity index (χ3n) is 5.43. The summed E-state index contributed by atoms with van der Waals surface area (Å²) in [4.78, 5) is 14.7. The Morgan fingerprint density at radius 2 is 2.18 bits per heavy atom. The number of nitrogens with zero attached hydrogens (tertiary/aromatic N) is 4. The molecule has 1 aliphatic carbocycles. The van der Waals surface area contributed by atoms with Gasteiger partial charge in [0.2, 0.25) is 0 Å². The van der Waals surface area contributed by atoms with Crippen LogP contribution in [0.15, 0.2) is 18.2 Å². The number of urea groups is 1. The van der Waals surface area contributed by atoms with Crippen molar-refractivity contribution in [2.24, 2.45) is 0 Å². The standard InChI is InChI=1S/C20H27N5O3/c1-28-17-11-14(6-9-16(17)26)13-25(15-7-8-15)20(27)21-12-19-23-22-18-5-3-2-4-10-24(18)19/h6,9,11,15,26H,2-5,7-8,10,12-13H2,1H3,(H,21,27). The lowest BCUT2D eigenvalue weighted by Crippen LogP contribution is -2.41. The number of rotatable bonds is 6. The molecule has 2 aromatic rings. The molecule has 4 rings (SSSR count). The average molecular weight is 385 g/mol. The molecule has 150 valence electrons. The van der Waals surface area contributed by atoms with Gasteiger partial charge in [0, 0.05) is 25.6 Å². The number of aryl methyl sites for hydroxylation is 1. The van der Waals surface area contributed by atoms with Crippen molar-refractivity contribution in [2.45, 2.75) is 64.2 Å². The van der Waals surface area contributed by atoms with Crippen molar-refractivity contribution in [1.82, 2.24) is 25.0 Å². The van der Waals surface area contributed by atoms with E-state index in [9.17, 15) is 9.90 Å². The molecular weight excluding hydrogens is 358 g/mol. The first-order valence-corrected chi connectivity index (χ1v) is 9.97. The van der Waals surface area contributed by atoms with E-state index in [4.69, 9.17) is 4.74 Å². The van der Waals surface area contributed by atoms with Gasteiger partial charge in [-0.1, -0.05) is 12.5 Å². The number of phenolic OH excluding ortho intramolecular Hbond substituents is 1. The molecule has 1 saturated carbocycles. The Kier molecular flexibility index (Phi) is 5.36. The zero-order valence-electron chi connectivity index (χ0n) is 16.2. The minimum Gasteiger partial charge on any atom is -0.504 e. The Morgan fingerprint density at radius 1 is 1.32 bits per heavy atom. The fourth-order valence-corrected chi connectivity index (χ4v) is 3.70. The molecule has 2 amide bonds. The van der Waals surface area contributed by atoms with Gasteiger partial charge in [-0.15, -0.1) is 10.2 Å². The number of benzene rings is 1. The molecule has 0 spiro atoms. The third kappa shape index (κ3) is 4.05. The molecule has 0 atom stereocenters. The highest BCUT2D eigenvalue weighted by Crippen LogP contribution is 2.31. The maximum atomic E-state index is 12.9. The highest BCUT2D eigenvalue weighted by molar-refractivity contribution is 5.75. The van der Waals surface area contributed by atoms with E-state index in [2.05, 4.69) is 20.1 Å². The van der Waals surface area contributed by atoms with E-state index in [1.165, 1.54) is 13.5 Å². The molecule has 1 aromatic heterocycles. The number of aromatic nitrogens is 3. The van der Waals surface area contributed by atoms with Crippen molar-refractivity contribution in [2.75, 3.05) is 7.11 Å². The van der Waals surface area contributed by atoms with Gasteiger partial charge in [0.25, 0.3) is 0 Å². The first-order chi connectivity index (χ1) is 13.7. The Balaban J connectivity index is 1.41. The van der Waals surface area contributed by atoms with Crippen LogP contribution in [-0.4, -0.2) is 44.0 Å². The van der Waals surface area contributed by atoms with Gasteiger partial charge in [0.05, 0.1) is 13.7 Å². The van der Waals surface area contributed by atoms with Crippen LogP contribution in [0, 0.1) is 0 Å². The lowest BCUT2D eigenvalue weighted by Gasteiger charge is -2.23. The average Bonchev–Trinajstić information content (AvgIpc) is 3.51. The van der Waals surface area contributed by atoms with Gasteiger partial charge in [0.15, 0.2) is 17.3 Å². The lowest BCUT2D eigenvalue weighted by molar-refractivity contribution is 0.191. The van der Waals surface area contributed by atoms with Crippen molar-refractivity contribution < 1.29 is 14.6 Å². The van der Waals surface area contributed by atoms with Gasteiger partial charge < -0.3 is 24.6 Å². The Hall–Kier alpha value is -2.77. The van der Waals surface area contributed by atoms with E-state index >= 15 is 0 Å². The van der Waals surface area contributed by atoms with Gasteiger partial charge in [-0.2, -0.15) is 0 Å². The second-order valence-corrected chi connectivity index (χ2v) is 7.52. The van der Waals surface area contributed by atoms with Crippen molar-refractivity contribution >= 4 is 6.03 Å². The van der Waals surface area contributed by atoms with Gasteiger partial charge in [-0.3, -0.25) is 0 Å². The number of aromatic hydroxyl groups is 1. The molecule has 1 aromatic carbocycles. The van der Waals surface area contributed by atoms with Crippen LogP contribution in [0.3, 0.4) is 0 Å². The van der Waals surface area contributed by atoms with E-state index in [1.807, 2.05) is 11.0 Å². The topological polar surface area (TPSA) is 92.5 Å². The van der Waals surface area contributed by atoms with Crippen LogP contribution in [-0.2, 0) is 26.1 Å². The molecule has 0 bridgehead atoms. The zero-order valence-corrected chi connectivity index (χ0v) is 16.2. The van der Waals surface area contributed by atoms with Crippen molar-refractivity contribution in [3.8, 4) is 11.5 Å². The minimum absolute atomic E-state index is 0.0967. The normalized spacial score (nSPS) is 16.2. The van der Waals surface area contributed by atoms with Crippen molar-refractivity contribution in [3.63, 3.8) is 0 Å². The predicted octanol–water partition coefficient (Wildman–Crippen LogP) is 2.59. The summed E-state index contributed by atoms with van der Waals surface area (Å²) >= 11 is 0. The van der Waals surface area contributed by atoms with Gasteiger partial charge in [-0.05, 0) is 43.4 Å². The Bertz CT molecular complexity index is 846. The summed E-state index contributed by atoms with van der Waals surface area (Å²) in [5, 5.41) is 21.4. The molecule has 0 saturated heterocycles. The SMILES string of the molecule is COc1cc(CN(C(=O)NCc2nnc3n2CCCCC3)C2CC2)ccc1O. The smallest absolute Gasteiger partial charge is 0.318 e. The number of amides is 2. The Labute approximate surface area is 164 Å². The molecule has 2 heterocycles. The van der Waals surface area contributed by atoms with E-state index in [-0.39, 0.29) is 17.8 Å². The summed E-state index contributed by atoms with van der Waals surface area (Å²) in [5.74, 6) is 2.37. The molecular formula is C20H27N5O3. The number of hydrogen-bond donors (Lipinski definition) is 2. The summed E-state index contributed by atoms with van der Waals surface area (Å²) in [6.45, 7) is 1.78. The monoisotopic (exact) mass is 385 g/mol. The minimum atomic E-state index is -0.0967. The molecule has 1 aliphatic heterocycles. The first-order valence-electron chi connectivity index (χ1n) is 9.97. The molecule has 0 unspecified atom stereocenters. The maximum absolute atomic E-state index is 12.9. The fourth-order valence-electron chi connectivity index (χ4n) is 3.70. The van der Waals surface area contributed by atoms with E-state index < -0.39 is 0 Å². The van der Waals surface area contributed by atoms with Crippen molar-refractivity contribution in [3.05, 3.63) is 35.4 Å². The predicted molar refractivity (Wildman–Crippen MR) is 103 cm³/mol. The van der Waals surface area contributed by atoms with E-state index in [1.54, 1.807) is 12.1 Å². The summed E-state index contributed by atoms with van der Waals surface area (Å²) in [7, 11) is 1.52. The van der Waals surface area contributed by atoms with E-state index in [0.717, 1.165) is 55.9 Å². The quantitative estimate of drug-likeness (QED) is 0.797. The first kappa shape index (κ1) is 18.6. The number of ether oxygens (including phenoxy) is 1. The molecule has 8 heteroatoms. The molecule has 28 heavy (non-hydrogen) atoms. The van der Waals surface area contributed by atoms with Crippen molar-refractivity contribution in [1.29, 1.82) is 0 Å². The number of carbonyl (C=O) groups excluding carboxylic acids is 1. The second kappa shape index (κ2) is 8.08. The van der Waals surface area contributed by atoms with Crippen LogP contribution < -0.4 is 10.1 Å². The molecule has 2 N–H and O–H groups in total. The summed E-state index contributed by atoms with van der Waals surface area (Å²) in [6, 6.07) is 5.36. The van der Waals surface area contributed by atoms with Gasteiger partial charge in [0.1, 0.15) is 5.82 Å². The number of methoxy groups -OCH3 is 1. The molecule has 8 nitrogen and oxygen atoms in total. The summed E-state index contributed by atoms with van der Waals surface area (Å²) in [5.41, 5.74) is 0.924. The summed E-state index contributed by atoms with van der Waals surface area (Å²) < 4.78 is 7.33. The van der Waals surface area contributed by atoms with Crippen LogP contribution in [0.5, 0.6) is 11.5 Å². The lowest BCUT2D eigenvalue weighted by atomic mass is 10.2. The molecule has 1 fully saturated rings. The molecule has 0 radical (unpaired) electrons.